The number of aliphatic imine (C=N–C) groups is 1. The molecule has 0 aromatic heterocycles. The van der Waals surface area contributed by atoms with E-state index in [1.54, 1.807) is 6.07 Å². The lowest BCUT2D eigenvalue weighted by atomic mass is 9.96. The molecule has 1 aliphatic rings. The second kappa shape index (κ2) is 4.01. The van der Waals surface area contributed by atoms with Crippen molar-refractivity contribution < 1.29 is 17.9 Å². The van der Waals surface area contributed by atoms with Crippen molar-refractivity contribution in [1.82, 2.24) is 0 Å². The molecule has 92 valence electrons. The molecule has 0 aliphatic carbocycles. The van der Waals surface area contributed by atoms with Crippen LogP contribution in [0.5, 0.6) is 5.75 Å². The van der Waals surface area contributed by atoms with Gasteiger partial charge in [-0.05, 0) is 11.6 Å². The summed E-state index contributed by atoms with van der Waals surface area (Å²) in [7, 11) is 1.43. The summed E-state index contributed by atoms with van der Waals surface area (Å²) in [6.07, 6.45) is -3.48. The molecule has 1 aromatic rings. The smallest absolute Gasteiger partial charge is 0.422 e. The molecule has 1 heterocycles. The number of methoxy groups -OCH3 is 1. The third-order valence-electron chi connectivity index (χ3n) is 2.69. The normalized spacial score (nSPS) is 22.6. The molecule has 0 saturated heterocycles. The zero-order valence-electron chi connectivity index (χ0n) is 8.88. The summed E-state index contributed by atoms with van der Waals surface area (Å²) >= 11 is 3.25. The second-order valence-corrected chi connectivity index (χ2v) is 4.24. The largest absolute Gasteiger partial charge is 0.496 e. The van der Waals surface area contributed by atoms with Crippen molar-refractivity contribution in [2.45, 2.75) is 17.0 Å². The van der Waals surface area contributed by atoms with Crippen molar-refractivity contribution in [3.05, 3.63) is 29.3 Å². The number of nitrogens with zero attached hydrogens (tertiary/aromatic N) is 1. The number of hydrogen-bond donors (Lipinski definition) is 0. The van der Waals surface area contributed by atoms with Gasteiger partial charge in [0.15, 0.2) is 0 Å². The highest BCUT2D eigenvalue weighted by Gasteiger charge is 2.61. The first-order valence-corrected chi connectivity index (χ1v) is 5.93. The lowest BCUT2D eigenvalue weighted by Crippen LogP contribution is -2.31. The van der Waals surface area contributed by atoms with Crippen molar-refractivity contribution >= 4 is 22.1 Å². The Hall–Kier alpha value is -1.04. The summed E-state index contributed by atoms with van der Waals surface area (Å²) in [5.41, 5.74) is -1.24. The van der Waals surface area contributed by atoms with Gasteiger partial charge in [-0.3, -0.25) is 4.99 Å². The van der Waals surface area contributed by atoms with Crippen LogP contribution in [0.1, 0.15) is 11.1 Å². The molecule has 0 saturated carbocycles. The molecule has 0 spiro atoms. The maximum atomic E-state index is 12.8. The predicted octanol–water partition coefficient (Wildman–Crippen LogP) is 3.43. The van der Waals surface area contributed by atoms with E-state index in [1.165, 1.54) is 19.2 Å². The van der Waals surface area contributed by atoms with Crippen LogP contribution < -0.4 is 4.74 Å². The maximum absolute atomic E-state index is 12.8. The van der Waals surface area contributed by atoms with E-state index in [2.05, 4.69) is 20.9 Å². The van der Waals surface area contributed by atoms with E-state index in [4.69, 9.17) is 4.74 Å². The highest BCUT2D eigenvalue weighted by molar-refractivity contribution is 9.08. The third-order valence-corrected chi connectivity index (χ3v) is 3.29. The topological polar surface area (TPSA) is 21.6 Å². The average molecular weight is 308 g/mol. The van der Waals surface area contributed by atoms with E-state index in [0.717, 1.165) is 11.8 Å². The Bertz CT molecular complexity index is 464. The fraction of sp³-hybridized carbons (Fsp3) is 0.364. The minimum atomic E-state index is -4.39. The first kappa shape index (κ1) is 12.4. The Morgan fingerprint density at radius 1 is 1.41 bits per heavy atom. The number of benzene rings is 1. The standard InChI is InChI=1S/C11H9BrF3NO/c1-17-9-4-8(3-2-7(9)5-12)10(6-16-10)11(13,14)15/h2-4,6H,5H2,1H3. The van der Waals surface area contributed by atoms with Gasteiger partial charge in [0.2, 0.25) is 5.54 Å². The molecule has 2 rings (SSSR count). The van der Waals surface area contributed by atoms with Crippen LogP contribution in [0.25, 0.3) is 0 Å². The van der Waals surface area contributed by atoms with Crippen molar-refractivity contribution in [2.75, 3.05) is 7.11 Å². The number of rotatable bonds is 3. The molecule has 0 N–H and O–H groups in total. The second-order valence-electron chi connectivity index (χ2n) is 3.68. The summed E-state index contributed by atoms with van der Waals surface area (Å²) in [4.78, 5) is 3.39. The van der Waals surface area contributed by atoms with Crippen LogP contribution in [0, 0.1) is 0 Å². The quantitative estimate of drug-likeness (QED) is 0.784. The average Bonchev–Trinajstić information content (AvgIpc) is 3.08. The van der Waals surface area contributed by atoms with E-state index >= 15 is 0 Å². The first-order chi connectivity index (χ1) is 7.94. The summed E-state index contributed by atoms with van der Waals surface area (Å²) in [6, 6.07) is 4.43. The van der Waals surface area contributed by atoms with Gasteiger partial charge in [0.1, 0.15) is 5.75 Å². The van der Waals surface area contributed by atoms with Gasteiger partial charge >= 0.3 is 6.18 Å². The fourth-order valence-electron chi connectivity index (χ4n) is 1.62. The molecule has 1 aliphatic heterocycles. The highest BCUT2D eigenvalue weighted by atomic mass is 79.9. The van der Waals surface area contributed by atoms with Crippen LogP contribution in [0.15, 0.2) is 23.2 Å². The molecule has 0 bridgehead atoms. The minimum Gasteiger partial charge on any atom is -0.496 e. The monoisotopic (exact) mass is 307 g/mol. The van der Waals surface area contributed by atoms with E-state index in [-0.39, 0.29) is 5.56 Å². The van der Waals surface area contributed by atoms with Gasteiger partial charge in [-0.25, -0.2) is 0 Å². The maximum Gasteiger partial charge on any atom is 0.422 e. The Morgan fingerprint density at radius 2 is 2.06 bits per heavy atom. The molecule has 0 fully saturated rings. The SMILES string of the molecule is COc1cc(C2(C(F)(F)F)C=N2)ccc1CBr. The highest BCUT2D eigenvalue weighted by Crippen LogP contribution is 2.48. The van der Waals surface area contributed by atoms with Crippen molar-refractivity contribution in [1.29, 1.82) is 0 Å². The summed E-state index contributed by atoms with van der Waals surface area (Å²) < 4.78 is 43.5. The zero-order valence-corrected chi connectivity index (χ0v) is 10.5. The zero-order chi connectivity index (χ0) is 12.7. The molecule has 17 heavy (non-hydrogen) atoms. The third kappa shape index (κ3) is 1.94. The van der Waals surface area contributed by atoms with Crippen LogP contribution in [-0.4, -0.2) is 19.5 Å². The molecule has 2 nitrogen and oxygen atoms in total. The van der Waals surface area contributed by atoms with Crippen LogP contribution in [0.3, 0.4) is 0 Å². The number of hydrogen-bond acceptors (Lipinski definition) is 2. The summed E-state index contributed by atoms with van der Waals surface area (Å²) in [6.45, 7) is 0. The van der Waals surface area contributed by atoms with E-state index in [1.807, 2.05) is 0 Å². The lowest BCUT2D eigenvalue weighted by Gasteiger charge is -2.19. The molecular weight excluding hydrogens is 299 g/mol. The Balaban J connectivity index is 2.42. The van der Waals surface area contributed by atoms with Gasteiger partial charge in [-0.1, -0.05) is 28.1 Å². The molecule has 1 aromatic carbocycles. The molecule has 0 radical (unpaired) electrons. The van der Waals surface area contributed by atoms with Crippen molar-refractivity contribution in [2.24, 2.45) is 4.99 Å². The molecule has 0 amide bonds. The Morgan fingerprint density at radius 3 is 2.47 bits per heavy atom. The van der Waals surface area contributed by atoms with Crippen LogP contribution in [0.2, 0.25) is 0 Å². The number of halogens is 4. The van der Waals surface area contributed by atoms with Gasteiger partial charge in [0.25, 0.3) is 0 Å². The summed E-state index contributed by atoms with van der Waals surface area (Å²) in [5, 5.41) is 0.524. The number of alkyl halides is 4. The van der Waals surface area contributed by atoms with Gasteiger partial charge in [0.05, 0.1) is 7.11 Å². The Labute approximate surface area is 105 Å². The molecule has 1 unspecified atom stereocenters. The van der Waals surface area contributed by atoms with Gasteiger partial charge in [-0.2, -0.15) is 13.2 Å². The van der Waals surface area contributed by atoms with Crippen molar-refractivity contribution in [3.8, 4) is 5.75 Å². The molecular formula is C11H9BrF3NO. The van der Waals surface area contributed by atoms with E-state index < -0.39 is 11.7 Å². The van der Waals surface area contributed by atoms with Gasteiger partial charge in [-0.15, -0.1) is 0 Å². The Kier molecular flexibility index (Phi) is 2.93. The van der Waals surface area contributed by atoms with Gasteiger partial charge in [0, 0.05) is 17.1 Å². The van der Waals surface area contributed by atoms with Crippen LogP contribution in [0.4, 0.5) is 13.2 Å². The summed E-state index contributed by atoms with van der Waals surface area (Å²) in [5.74, 6) is 0.429. The minimum absolute atomic E-state index is 0.0894. The number of ether oxygens (including phenoxy) is 1. The van der Waals surface area contributed by atoms with Crippen LogP contribution >= 0.6 is 15.9 Å². The molecule has 6 heteroatoms. The van der Waals surface area contributed by atoms with Crippen LogP contribution in [-0.2, 0) is 10.9 Å². The first-order valence-electron chi connectivity index (χ1n) is 4.81. The van der Waals surface area contributed by atoms with Gasteiger partial charge < -0.3 is 4.74 Å². The van der Waals surface area contributed by atoms with Crippen molar-refractivity contribution in [3.63, 3.8) is 0 Å². The molecule has 1 atom stereocenters. The lowest BCUT2D eigenvalue weighted by molar-refractivity contribution is -0.156. The van der Waals surface area contributed by atoms with E-state index in [9.17, 15) is 13.2 Å². The van der Waals surface area contributed by atoms with E-state index in [0.29, 0.717) is 11.1 Å². The predicted molar refractivity (Wildman–Crippen MR) is 61.9 cm³/mol. The fourth-order valence-corrected chi connectivity index (χ4v) is 2.08.